The van der Waals surface area contributed by atoms with E-state index in [9.17, 15) is 39.0 Å². The molecule has 2 rings (SSSR count). The van der Waals surface area contributed by atoms with Crippen LogP contribution >= 0.6 is 0 Å². The third kappa shape index (κ3) is 16.1. The molecule has 0 saturated heterocycles. The molecule has 0 spiro atoms. The molecule has 0 saturated carbocycles. The smallest absolute Gasteiger partial charge is 0.326 e. The summed E-state index contributed by atoms with van der Waals surface area (Å²) in [6, 6.07) is 14.5. The van der Waals surface area contributed by atoms with Crippen LogP contribution in [0.4, 0.5) is 0 Å². The molecule has 0 radical (unpaired) electrons. The number of carbonyl (C=O) groups excluding carboxylic acids is 5. The highest BCUT2D eigenvalue weighted by Gasteiger charge is 2.34. The Morgan fingerprint density at radius 1 is 0.648 bits per heavy atom. The molecular weight excluding hydrogens is 690 g/mol. The average molecular weight is 752 g/mol. The summed E-state index contributed by atoms with van der Waals surface area (Å²) in [6.07, 6.45) is -0.248. The van der Waals surface area contributed by atoms with Crippen molar-refractivity contribution in [3.8, 4) is 0 Å². The van der Waals surface area contributed by atoms with Gasteiger partial charge in [-0.05, 0) is 47.6 Å². The van der Waals surface area contributed by atoms with Crippen molar-refractivity contribution in [2.45, 2.75) is 117 Å². The van der Waals surface area contributed by atoms with Crippen molar-refractivity contribution >= 4 is 35.5 Å². The number of aliphatic hydroxyl groups excluding tert-OH is 1. The maximum Gasteiger partial charge on any atom is 0.326 e. The highest BCUT2D eigenvalue weighted by atomic mass is 16.4. The fourth-order valence-electron chi connectivity index (χ4n) is 5.84. The predicted octanol–water partition coefficient (Wildman–Crippen LogP) is 3.14. The molecule has 13 nitrogen and oxygen atoms in total. The van der Waals surface area contributed by atoms with Crippen LogP contribution in [0, 0.1) is 23.7 Å². The number of nitrogens with one attached hydrogen (secondary N) is 5. The molecule has 7 N–H and O–H groups in total. The lowest BCUT2D eigenvalue weighted by atomic mass is 9.95. The molecule has 0 fully saturated rings. The van der Waals surface area contributed by atoms with Gasteiger partial charge in [-0.2, -0.15) is 0 Å². The highest BCUT2D eigenvalue weighted by molar-refractivity contribution is 5.91. The molecular formula is C41H61N5O8. The Bertz CT molecular complexity index is 1500. The van der Waals surface area contributed by atoms with E-state index < -0.39 is 66.3 Å². The second-order valence-corrected chi connectivity index (χ2v) is 15.0. The molecule has 0 heterocycles. The van der Waals surface area contributed by atoms with Gasteiger partial charge in [0.2, 0.25) is 29.5 Å². The summed E-state index contributed by atoms with van der Waals surface area (Å²) >= 11 is 0. The van der Waals surface area contributed by atoms with Crippen molar-refractivity contribution < 1.29 is 39.0 Å². The summed E-state index contributed by atoms with van der Waals surface area (Å²) in [7, 11) is 0. The van der Waals surface area contributed by atoms with Crippen molar-refractivity contribution in [1.82, 2.24) is 26.6 Å². The van der Waals surface area contributed by atoms with Gasteiger partial charge in [0.15, 0.2) is 0 Å². The number of aliphatic hydroxyl groups is 1. The van der Waals surface area contributed by atoms with Crippen LogP contribution in [0.1, 0.15) is 85.3 Å². The summed E-state index contributed by atoms with van der Waals surface area (Å²) in [5, 5.41) is 34.7. The molecule has 7 atom stereocenters. The molecule has 0 aliphatic carbocycles. The average Bonchev–Trinajstić information content (AvgIpc) is 3.12. The second-order valence-electron chi connectivity index (χ2n) is 15.0. The first-order chi connectivity index (χ1) is 25.5. The molecule has 0 unspecified atom stereocenters. The summed E-state index contributed by atoms with van der Waals surface area (Å²) in [5.74, 6) is -4.46. The Hall–Kier alpha value is -4.78. The maximum absolute atomic E-state index is 13.7. The summed E-state index contributed by atoms with van der Waals surface area (Å²) in [5.41, 5.74) is 1.71. The minimum atomic E-state index is -1.38. The number of hydrogen-bond donors (Lipinski definition) is 7. The van der Waals surface area contributed by atoms with Gasteiger partial charge < -0.3 is 36.8 Å². The lowest BCUT2D eigenvalue weighted by molar-refractivity contribution is -0.143. The minimum Gasteiger partial charge on any atom is -0.480 e. The van der Waals surface area contributed by atoms with E-state index in [1.807, 2.05) is 74.5 Å². The van der Waals surface area contributed by atoms with E-state index in [2.05, 4.69) is 26.6 Å². The monoisotopic (exact) mass is 751 g/mol. The topological polar surface area (TPSA) is 203 Å². The molecule has 54 heavy (non-hydrogen) atoms. The van der Waals surface area contributed by atoms with Crippen LogP contribution in [0.25, 0.3) is 0 Å². The number of aliphatic carboxylic acids is 1. The third-order valence-electron chi connectivity index (χ3n) is 9.51. The molecule has 0 aliphatic rings. The largest absolute Gasteiger partial charge is 0.480 e. The quantitative estimate of drug-likeness (QED) is 0.0897. The van der Waals surface area contributed by atoms with E-state index in [-0.39, 0.29) is 48.8 Å². The van der Waals surface area contributed by atoms with E-state index in [0.717, 1.165) is 11.1 Å². The molecule has 13 heteroatoms. The number of hydrogen-bond acceptors (Lipinski definition) is 7. The van der Waals surface area contributed by atoms with Crippen LogP contribution in [0.15, 0.2) is 60.7 Å². The van der Waals surface area contributed by atoms with Gasteiger partial charge in [-0.3, -0.25) is 24.0 Å². The van der Waals surface area contributed by atoms with E-state index in [4.69, 9.17) is 0 Å². The van der Waals surface area contributed by atoms with E-state index >= 15 is 0 Å². The highest BCUT2D eigenvalue weighted by Crippen LogP contribution is 2.15. The van der Waals surface area contributed by atoms with Crippen molar-refractivity contribution in [2.24, 2.45) is 23.7 Å². The second kappa shape index (κ2) is 23.1. The van der Waals surface area contributed by atoms with Gasteiger partial charge in [-0.1, -0.05) is 116 Å². The number of carboxylic acid groups (broad SMARTS) is 1. The fourth-order valence-corrected chi connectivity index (χ4v) is 5.84. The normalized spacial score (nSPS) is 15.1. The zero-order chi connectivity index (χ0) is 40.4. The van der Waals surface area contributed by atoms with Crippen LogP contribution < -0.4 is 26.6 Å². The Morgan fingerprint density at radius 3 is 1.72 bits per heavy atom. The van der Waals surface area contributed by atoms with Crippen molar-refractivity contribution in [2.75, 3.05) is 6.54 Å². The van der Waals surface area contributed by atoms with Crippen LogP contribution in [0.2, 0.25) is 0 Å². The third-order valence-corrected chi connectivity index (χ3v) is 9.51. The van der Waals surface area contributed by atoms with Crippen molar-refractivity contribution in [1.29, 1.82) is 0 Å². The lowest BCUT2D eigenvalue weighted by Gasteiger charge is -2.30. The van der Waals surface area contributed by atoms with E-state index in [0.29, 0.717) is 19.4 Å². The minimum absolute atomic E-state index is 0.0122. The lowest BCUT2D eigenvalue weighted by Crippen LogP contribution is -2.57. The van der Waals surface area contributed by atoms with Crippen molar-refractivity contribution in [3.05, 3.63) is 71.8 Å². The molecule has 5 amide bonds. The molecule has 0 aliphatic heterocycles. The van der Waals surface area contributed by atoms with Crippen molar-refractivity contribution in [3.63, 3.8) is 0 Å². The Balaban J connectivity index is 2.07. The number of rotatable bonds is 23. The molecule has 0 aromatic heterocycles. The summed E-state index contributed by atoms with van der Waals surface area (Å²) in [4.78, 5) is 77.3. The first kappa shape index (κ1) is 45.4. The van der Waals surface area contributed by atoms with Gasteiger partial charge in [-0.25, -0.2) is 4.79 Å². The van der Waals surface area contributed by atoms with Gasteiger partial charge in [0.1, 0.15) is 18.1 Å². The SMILES string of the molecule is CC[C@H](C)[C@H](NC(=O)C[C@H](O)[C@H](Cc1ccccc1)NC(=O)[C@@H](NC(=O)CC[C@H](C)CNC(=O)Cc1ccccc1)C(C)C)C(=O)N[C@H](C(=O)O)C(C)C. The number of carbonyl (C=O) groups is 6. The van der Waals surface area contributed by atoms with Gasteiger partial charge in [0, 0.05) is 13.0 Å². The fraction of sp³-hybridized carbons (Fsp3) is 0.561. The van der Waals surface area contributed by atoms with E-state index in [1.54, 1.807) is 34.6 Å². The molecule has 2 aromatic rings. The Kier molecular flexibility index (Phi) is 19.4. The first-order valence-electron chi connectivity index (χ1n) is 19.0. The van der Waals surface area contributed by atoms with Gasteiger partial charge >= 0.3 is 5.97 Å². The summed E-state index contributed by atoms with van der Waals surface area (Å²) in [6.45, 7) is 12.9. The van der Waals surface area contributed by atoms with E-state index in [1.165, 1.54) is 0 Å². The Morgan fingerprint density at radius 2 is 1.19 bits per heavy atom. The predicted molar refractivity (Wildman–Crippen MR) is 207 cm³/mol. The Labute approximate surface area is 319 Å². The summed E-state index contributed by atoms with van der Waals surface area (Å²) < 4.78 is 0. The van der Waals surface area contributed by atoms with Crippen LogP contribution in [-0.4, -0.2) is 82.5 Å². The standard InChI is InChI=1S/C41H61N5O8/c1-8-28(7)38(40(52)46-37(26(4)5)41(53)54)45-35(50)23-32(47)31(21-29-15-11-9-12-16-29)43-39(51)36(25(2)3)44-33(48)20-19-27(6)24-42-34(49)22-30-17-13-10-14-18-30/h9-18,25-28,31-32,36-38,47H,8,19-24H2,1-7H3,(H,42,49)(H,43,51)(H,44,48)(H,45,50)(H,46,52)(H,53,54)/t27-,28-,31-,32-,36-,37-,38-/m0/s1. The zero-order valence-electron chi connectivity index (χ0n) is 32.8. The van der Waals surface area contributed by atoms with Gasteiger partial charge in [0.05, 0.1) is 25.0 Å². The molecule has 0 bridgehead atoms. The molecule has 2 aromatic carbocycles. The number of amides is 5. The zero-order valence-corrected chi connectivity index (χ0v) is 32.8. The van der Waals surface area contributed by atoms with Crippen LogP contribution in [-0.2, 0) is 41.6 Å². The molecule has 298 valence electrons. The van der Waals surface area contributed by atoms with Crippen LogP contribution in [0.5, 0.6) is 0 Å². The van der Waals surface area contributed by atoms with Gasteiger partial charge in [-0.15, -0.1) is 0 Å². The number of carboxylic acids is 1. The van der Waals surface area contributed by atoms with Crippen LogP contribution in [0.3, 0.4) is 0 Å². The first-order valence-corrected chi connectivity index (χ1v) is 19.0. The maximum atomic E-state index is 13.7. The number of benzene rings is 2. The van der Waals surface area contributed by atoms with Gasteiger partial charge in [0.25, 0.3) is 0 Å².